The Hall–Kier alpha value is -1.30. The molecule has 1 aromatic carbocycles. The minimum atomic E-state index is -0.931. The number of nitrogens with two attached hydrogens (primary N) is 1. The summed E-state index contributed by atoms with van der Waals surface area (Å²) in [6.07, 6.45) is 3.16. The molecule has 1 aliphatic heterocycles. The lowest BCUT2D eigenvalue weighted by Crippen LogP contribution is -2.36. The van der Waals surface area contributed by atoms with Gasteiger partial charge in [0.15, 0.2) is 0 Å². The van der Waals surface area contributed by atoms with E-state index in [9.17, 15) is 4.79 Å². The molecule has 0 saturated carbocycles. The monoisotopic (exact) mass is 316 g/mol. The topological polar surface area (TPSA) is 86.8 Å². The lowest BCUT2D eigenvalue weighted by atomic mass is 10.1. The molecule has 5 nitrogen and oxygen atoms in total. The van der Waals surface area contributed by atoms with E-state index in [-0.39, 0.29) is 24.1 Å². The number of aliphatic hydroxyl groups excluding tert-OH is 1. The molecule has 0 unspecified atom stereocenters. The summed E-state index contributed by atoms with van der Waals surface area (Å²) in [5, 5.41) is 17.6. The van der Waals surface area contributed by atoms with Crippen LogP contribution < -0.4 is 5.73 Å². The Morgan fingerprint density at radius 2 is 1.81 bits per heavy atom. The number of aromatic carboxylic acids is 1. The highest BCUT2D eigenvalue weighted by molar-refractivity contribution is 5.87. The Balaban J connectivity index is 0.000000364. The van der Waals surface area contributed by atoms with Crippen molar-refractivity contribution in [1.82, 2.24) is 4.90 Å². The van der Waals surface area contributed by atoms with Crippen LogP contribution >= 0.6 is 12.4 Å². The average molecular weight is 317 g/mol. The molecule has 0 spiro atoms. The molecule has 1 heterocycles. The zero-order valence-corrected chi connectivity index (χ0v) is 13.2. The minimum absolute atomic E-state index is 0. The van der Waals surface area contributed by atoms with Gasteiger partial charge in [-0.15, -0.1) is 12.4 Å². The lowest BCUT2D eigenvalue weighted by molar-refractivity contribution is 0.0696. The number of anilines is 1. The fourth-order valence-corrected chi connectivity index (χ4v) is 2.08. The Morgan fingerprint density at radius 3 is 2.24 bits per heavy atom. The summed E-state index contributed by atoms with van der Waals surface area (Å²) < 4.78 is 0. The maximum Gasteiger partial charge on any atom is 0.335 e. The molecule has 21 heavy (non-hydrogen) atoms. The van der Waals surface area contributed by atoms with Crippen LogP contribution in [0, 0.1) is 0 Å². The first-order valence-electron chi connectivity index (χ1n) is 7.02. The molecule has 0 bridgehead atoms. The number of likely N-dealkylation sites (tertiary alicyclic amines) is 1. The zero-order chi connectivity index (χ0) is 15.0. The molecule has 1 aliphatic rings. The van der Waals surface area contributed by atoms with Crippen molar-refractivity contribution in [2.75, 3.05) is 25.4 Å². The second kappa shape index (κ2) is 10.4. The van der Waals surface area contributed by atoms with E-state index >= 15 is 0 Å². The van der Waals surface area contributed by atoms with E-state index in [1.54, 1.807) is 12.1 Å². The standard InChI is InChI=1S/C8H17NO.C7H7NO2.ClH/c1-2-5-9-6-3-8(10)4-7-9;8-6-3-1-5(2-4-6)7(9)10;/h8,10H,2-7H2,1H3;1-4H,8H2,(H,9,10);1H. The van der Waals surface area contributed by atoms with Gasteiger partial charge in [-0.3, -0.25) is 0 Å². The maximum atomic E-state index is 10.3. The van der Waals surface area contributed by atoms with Crippen LogP contribution in [0.1, 0.15) is 36.5 Å². The van der Waals surface area contributed by atoms with E-state index in [0.29, 0.717) is 5.69 Å². The van der Waals surface area contributed by atoms with Crippen molar-refractivity contribution in [3.63, 3.8) is 0 Å². The molecule has 0 aromatic heterocycles. The van der Waals surface area contributed by atoms with Crippen molar-refractivity contribution in [3.8, 4) is 0 Å². The smallest absolute Gasteiger partial charge is 0.335 e. The molecule has 6 heteroatoms. The fourth-order valence-electron chi connectivity index (χ4n) is 2.08. The molecule has 0 aliphatic carbocycles. The number of carboxylic acid groups (broad SMARTS) is 1. The average Bonchev–Trinajstić information content (AvgIpc) is 2.43. The highest BCUT2D eigenvalue weighted by Gasteiger charge is 2.15. The first kappa shape index (κ1) is 19.7. The second-order valence-electron chi connectivity index (χ2n) is 5.00. The van der Waals surface area contributed by atoms with E-state index < -0.39 is 5.97 Å². The van der Waals surface area contributed by atoms with Gasteiger partial charge in [-0.25, -0.2) is 4.79 Å². The van der Waals surface area contributed by atoms with Gasteiger partial charge >= 0.3 is 5.97 Å². The van der Waals surface area contributed by atoms with E-state index in [4.69, 9.17) is 15.9 Å². The van der Waals surface area contributed by atoms with Crippen molar-refractivity contribution >= 4 is 24.1 Å². The van der Waals surface area contributed by atoms with Crippen molar-refractivity contribution < 1.29 is 15.0 Å². The summed E-state index contributed by atoms with van der Waals surface area (Å²) in [6, 6.07) is 6.06. The number of hydrogen-bond acceptors (Lipinski definition) is 4. The number of rotatable bonds is 3. The van der Waals surface area contributed by atoms with Gasteiger partial charge in [0.2, 0.25) is 0 Å². The van der Waals surface area contributed by atoms with Crippen LogP contribution in [0.2, 0.25) is 0 Å². The highest BCUT2D eigenvalue weighted by Crippen LogP contribution is 2.09. The summed E-state index contributed by atoms with van der Waals surface area (Å²) >= 11 is 0. The Labute approximate surface area is 132 Å². The summed E-state index contributed by atoms with van der Waals surface area (Å²) in [5.41, 5.74) is 6.17. The number of halogens is 1. The van der Waals surface area contributed by atoms with Gasteiger partial charge in [-0.05, 0) is 50.1 Å². The van der Waals surface area contributed by atoms with Gasteiger partial charge in [0.05, 0.1) is 11.7 Å². The van der Waals surface area contributed by atoms with Gasteiger partial charge in [-0.2, -0.15) is 0 Å². The third-order valence-corrected chi connectivity index (χ3v) is 3.25. The highest BCUT2D eigenvalue weighted by atomic mass is 35.5. The third-order valence-electron chi connectivity index (χ3n) is 3.25. The van der Waals surface area contributed by atoms with E-state index in [1.165, 1.54) is 25.1 Å². The Kier molecular flexibility index (Phi) is 9.78. The molecule has 2 rings (SSSR count). The van der Waals surface area contributed by atoms with E-state index in [2.05, 4.69) is 11.8 Å². The number of benzene rings is 1. The minimum Gasteiger partial charge on any atom is -0.478 e. The number of nitrogens with zero attached hydrogens (tertiary/aromatic N) is 1. The van der Waals surface area contributed by atoms with Crippen LogP contribution in [0.4, 0.5) is 5.69 Å². The molecule has 120 valence electrons. The van der Waals surface area contributed by atoms with Crippen LogP contribution in [-0.4, -0.2) is 46.8 Å². The van der Waals surface area contributed by atoms with Crippen molar-refractivity contribution in [3.05, 3.63) is 29.8 Å². The normalized spacial score (nSPS) is 15.5. The summed E-state index contributed by atoms with van der Waals surface area (Å²) in [7, 11) is 0. The Morgan fingerprint density at radius 1 is 1.29 bits per heavy atom. The molecule has 1 aromatic rings. The van der Waals surface area contributed by atoms with Crippen LogP contribution in [0.5, 0.6) is 0 Å². The van der Waals surface area contributed by atoms with Crippen molar-refractivity contribution in [2.45, 2.75) is 32.3 Å². The van der Waals surface area contributed by atoms with Crippen LogP contribution in [0.25, 0.3) is 0 Å². The zero-order valence-electron chi connectivity index (χ0n) is 12.4. The van der Waals surface area contributed by atoms with Gasteiger partial charge in [0.25, 0.3) is 0 Å². The summed E-state index contributed by atoms with van der Waals surface area (Å²) in [6.45, 7) is 5.59. The molecule has 0 atom stereocenters. The number of carboxylic acids is 1. The summed E-state index contributed by atoms with van der Waals surface area (Å²) in [4.78, 5) is 12.7. The third kappa shape index (κ3) is 7.90. The van der Waals surface area contributed by atoms with Gasteiger partial charge in [-0.1, -0.05) is 6.92 Å². The predicted molar refractivity (Wildman–Crippen MR) is 87.0 cm³/mol. The van der Waals surface area contributed by atoms with Crippen LogP contribution in [0.15, 0.2) is 24.3 Å². The SMILES string of the molecule is CCCN1CCC(O)CC1.Cl.Nc1ccc(C(=O)O)cc1. The van der Waals surface area contributed by atoms with E-state index in [1.807, 2.05) is 0 Å². The van der Waals surface area contributed by atoms with Gasteiger partial charge in [0, 0.05) is 18.8 Å². The number of hydrogen-bond donors (Lipinski definition) is 3. The number of nitrogen functional groups attached to an aromatic ring is 1. The molecule has 0 radical (unpaired) electrons. The molecular weight excluding hydrogens is 292 g/mol. The Bertz CT molecular complexity index is 404. The van der Waals surface area contributed by atoms with Crippen molar-refractivity contribution in [2.24, 2.45) is 0 Å². The van der Waals surface area contributed by atoms with E-state index in [0.717, 1.165) is 25.9 Å². The van der Waals surface area contributed by atoms with Gasteiger partial charge < -0.3 is 20.8 Å². The van der Waals surface area contributed by atoms with Crippen LogP contribution in [-0.2, 0) is 0 Å². The molecule has 0 amide bonds. The number of piperidine rings is 1. The largest absolute Gasteiger partial charge is 0.478 e. The molecule has 4 N–H and O–H groups in total. The first-order chi connectivity index (χ1) is 9.52. The van der Waals surface area contributed by atoms with Crippen molar-refractivity contribution in [1.29, 1.82) is 0 Å². The molecule has 1 saturated heterocycles. The first-order valence-corrected chi connectivity index (χ1v) is 7.02. The van der Waals surface area contributed by atoms with Crippen LogP contribution in [0.3, 0.4) is 0 Å². The fraction of sp³-hybridized carbons (Fsp3) is 0.533. The number of aliphatic hydroxyl groups is 1. The quantitative estimate of drug-likeness (QED) is 0.744. The number of carbonyl (C=O) groups is 1. The predicted octanol–water partition coefficient (Wildman–Crippen LogP) is 2.24. The summed E-state index contributed by atoms with van der Waals surface area (Å²) in [5.74, 6) is -0.931. The molecular formula is C15H25ClN2O3. The second-order valence-corrected chi connectivity index (χ2v) is 5.00. The van der Waals surface area contributed by atoms with Gasteiger partial charge in [0.1, 0.15) is 0 Å². The lowest BCUT2D eigenvalue weighted by Gasteiger charge is -2.28. The maximum absolute atomic E-state index is 10.3. The molecule has 1 fully saturated rings.